The van der Waals surface area contributed by atoms with Crippen LogP contribution < -0.4 is 22.1 Å². The van der Waals surface area contributed by atoms with E-state index in [1.165, 1.54) is 16.5 Å². The molecule has 5 aromatic rings. The smallest absolute Gasteiger partial charge is 0.0803 e. The molecule has 0 saturated carbocycles. The zero-order chi connectivity index (χ0) is 24.7. The van der Waals surface area contributed by atoms with Crippen molar-refractivity contribution in [2.24, 2.45) is 11.5 Å². The van der Waals surface area contributed by atoms with E-state index in [1.807, 2.05) is 0 Å². The maximum Gasteiger partial charge on any atom is 0.0803 e. The Morgan fingerprint density at radius 1 is 0.556 bits per heavy atom. The molecular weight excluding hydrogens is 444 g/mol. The normalized spacial score (nSPS) is 11.8. The van der Waals surface area contributed by atoms with Crippen molar-refractivity contribution < 1.29 is 0 Å². The molecule has 6 N–H and O–H groups in total. The summed E-state index contributed by atoms with van der Waals surface area (Å²) in [6, 6.07) is 21.8. The fraction of sp³-hybridized carbons (Fsp3) is 0.333. The second-order valence-corrected chi connectivity index (χ2v) is 9.58. The Morgan fingerprint density at radius 3 is 1.78 bits per heavy atom. The van der Waals surface area contributed by atoms with E-state index in [9.17, 15) is 0 Å². The van der Waals surface area contributed by atoms with Crippen LogP contribution in [0.25, 0.3) is 43.6 Å². The monoisotopic (exact) mass is 480 g/mol. The van der Waals surface area contributed by atoms with Gasteiger partial charge >= 0.3 is 0 Å². The molecule has 5 rings (SSSR count). The molecule has 0 spiro atoms. The molecule has 6 heteroatoms. The van der Waals surface area contributed by atoms with Gasteiger partial charge in [-0.3, -0.25) is 0 Å². The van der Waals surface area contributed by atoms with Gasteiger partial charge in [-0.25, -0.2) is 9.97 Å². The third-order valence-corrected chi connectivity index (χ3v) is 6.77. The lowest BCUT2D eigenvalue weighted by Gasteiger charge is -2.10. The van der Waals surface area contributed by atoms with Gasteiger partial charge in [0, 0.05) is 34.6 Å². The van der Waals surface area contributed by atoms with Crippen molar-refractivity contribution in [1.29, 1.82) is 0 Å². The molecule has 0 aliphatic carbocycles. The summed E-state index contributed by atoms with van der Waals surface area (Å²) in [6.45, 7) is 5.19. The minimum atomic E-state index is 0.752. The number of aromatic nitrogens is 2. The molecule has 0 saturated heterocycles. The highest BCUT2D eigenvalue weighted by molar-refractivity contribution is 6.10. The van der Waals surface area contributed by atoms with Crippen molar-refractivity contribution in [1.82, 2.24) is 20.6 Å². The Labute approximate surface area is 212 Å². The summed E-state index contributed by atoms with van der Waals surface area (Å²) in [7, 11) is 0. The standard InChI is InChI=1S/C30H36N6/c31-11-1-3-13-33-19-21-6-9-28-24(15-21)17-23-7-10-29-26(30(23)36-28)18-25-16-22(5-8-27(25)35-29)20-34-14-4-2-12-32/h5-10,15-18,33-34H,1-4,11-14,19-20,31-32H2. The second-order valence-electron chi connectivity index (χ2n) is 9.58. The third kappa shape index (κ3) is 5.63. The lowest BCUT2D eigenvalue weighted by Crippen LogP contribution is -2.15. The number of nitrogens with zero attached hydrogens (tertiary/aromatic N) is 2. The molecule has 0 fully saturated rings. The van der Waals surface area contributed by atoms with Crippen molar-refractivity contribution in [3.63, 3.8) is 0 Å². The average Bonchev–Trinajstić information content (AvgIpc) is 2.90. The van der Waals surface area contributed by atoms with Gasteiger partial charge in [-0.15, -0.1) is 0 Å². The fourth-order valence-electron chi connectivity index (χ4n) is 4.79. The van der Waals surface area contributed by atoms with Crippen LogP contribution in [0.1, 0.15) is 36.8 Å². The first-order chi connectivity index (χ1) is 17.7. The van der Waals surface area contributed by atoms with E-state index in [4.69, 9.17) is 21.4 Å². The maximum atomic E-state index is 5.59. The molecule has 3 aromatic carbocycles. The van der Waals surface area contributed by atoms with E-state index in [1.54, 1.807) is 0 Å². The minimum Gasteiger partial charge on any atom is -0.330 e. The van der Waals surface area contributed by atoms with Gasteiger partial charge < -0.3 is 22.1 Å². The number of fused-ring (bicyclic) bond motifs is 5. The summed E-state index contributed by atoms with van der Waals surface area (Å²) >= 11 is 0. The highest BCUT2D eigenvalue weighted by Crippen LogP contribution is 2.29. The zero-order valence-electron chi connectivity index (χ0n) is 20.9. The first kappa shape index (κ1) is 24.5. The van der Waals surface area contributed by atoms with Crippen LogP contribution in [0.3, 0.4) is 0 Å². The van der Waals surface area contributed by atoms with Gasteiger partial charge in [0.2, 0.25) is 0 Å². The van der Waals surface area contributed by atoms with E-state index in [2.05, 4.69) is 71.3 Å². The largest absolute Gasteiger partial charge is 0.330 e. The van der Waals surface area contributed by atoms with Gasteiger partial charge in [-0.1, -0.05) is 18.2 Å². The van der Waals surface area contributed by atoms with Gasteiger partial charge in [0.1, 0.15) is 0 Å². The van der Waals surface area contributed by atoms with Crippen LogP contribution in [-0.2, 0) is 13.1 Å². The summed E-state index contributed by atoms with van der Waals surface area (Å²) in [6.07, 6.45) is 4.34. The first-order valence-corrected chi connectivity index (χ1v) is 13.1. The minimum absolute atomic E-state index is 0.752. The molecule has 186 valence electrons. The Bertz CT molecular complexity index is 1480. The summed E-state index contributed by atoms with van der Waals surface area (Å²) in [5.41, 5.74) is 17.7. The number of rotatable bonds is 12. The highest BCUT2D eigenvalue weighted by atomic mass is 14.8. The molecule has 2 aromatic heterocycles. The maximum absolute atomic E-state index is 5.59. The summed E-state index contributed by atoms with van der Waals surface area (Å²) < 4.78 is 0. The topological polar surface area (TPSA) is 102 Å². The summed E-state index contributed by atoms with van der Waals surface area (Å²) in [5, 5.41) is 11.6. The van der Waals surface area contributed by atoms with Crippen LogP contribution in [-0.4, -0.2) is 36.1 Å². The molecule has 0 aliphatic rings. The molecule has 0 aliphatic heterocycles. The summed E-state index contributed by atoms with van der Waals surface area (Å²) in [4.78, 5) is 10.0. The van der Waals surface area contributed by atoms with Crippen LogP contribution in [0.5, 0.6) is 0 Å². The Kier molecular flexibility index (Phi) is 7.98. The molecular formula is C30H36N6. The number of benzene rings is 3. The van der Waals surface area contributed by atoms with Gasteiger partial charge in [-0.2, -0.15) is 0 Å². The van der Waals surface area contributed by atoms with Gasteiger partial charge in [0.25, 0.3) is 0 Å². The van der Waals surface area contributed by atoms with Crippen molar-refractivity contribution in [3.05, 3.63) is 71.8 Å². The summed E-state index contributed by atoms with van der Waals surface area (Å²) in [5.74, 6) is 0. The number of hydrogen-bond donors (Lipinski definition) is 4. The van der Waals surface area contributed by atoms with Crippen LogP contribution >= 0.6 is 0 Å². The van der Waals surface area contributed by atoms with Crippen molar-refractivity contribution in [2.75, 3.05) is 26.2 Å². The lowest BCUT2D eigenvalue weighted by atomic mass is 10.0. The van der Waals surface area contributed by atoms with E-state index in [0.717, 1.165) is 103 Å². The second kappa shape index (κ2) is 11.7. The van der Waals surface area contributed by atoms with Gasteiger partial charge in [-0.05, 0) is 105 Å². The van der Waals surface area contributed by atoms with Crippen molar-refractivity contribution in [3.8, 4) is 0 Å². The van der Waals surface area contributed by atoms with E-state index < -0.39 is 0 Å². The average molecular weight is 481 g/mol. The van der Waals surface area contributed by atoms with Gasteiger partial charge in [0.15, 0.2) is 0 Å². The van der Waals surface area contributed by atoms with Crippen LogP contribution in [0.2, 0.25) is 0 Å². The molecule has 0 bridgehead atoms. The highest BCUT2D eigenvalue weighted by Gasteiger charge is 2.09. The third-order valence-electron chi connectivity index (χ3n) is 6.77. The molecule has 0 unspecified atom stereocenters. The number of pyridine rings is 2. The number of nitrogens with two attached hydrogens (primary N) is 2. The Hall–Kier alpha value is -3.16. The quantitative estimate of drug-likeness (QED) is 0.117. The molecule has 0 amide bonds. The number of hydrogen-bond acceptors (Lipinski definition) is 6. The predicted molar refractivity (Wildman–Crippen MR) is 152 cm³/mol. The van der Waals surface area contributed by atoms with E-state index in [-0.39, 0.29) is 0 Å². The fourth-order valence-corrected chi connectivity index (χ4v) is 4.79. The molecule has 6 nitrogen and oxygen atoms in total. The van der Waals surface area contributed by atoms with E-state index >= 15 is 0 Å². The molecule has 0 radical (unpaired) electrons. The van der Waals surface area contributed by atoms with Crippen molar-refractivity contribution in [2.45, 2.75) is 38.8 Å². The lowest BCUT2D eigenvalue weighted by molar-refractivity contribution is 0.628. The predicted octanol–water partition coefficient (Wildman–Crippen LogP) is 4.75. The first-order valence-electron chi connectivity index (χ1n) is 13.1. The molecule has 2 heterocycles. The van der Waals surface area contributed by atoms with Crippen molar-refractivity contribution >= 4 is 43.6 Å². The van der Waals surface area contributed by atoms with Crippen LogP contribution in [0.4, 0.5) is 0 Å². The zero-order valence-corrected chi connectivity index (χ0v) is 20.9. The van der Waals surface area contributed by atoms with Crippen LogP contribution in [0.15, 0.2) is 60.7 Å². The van der Waals surface area contributed by atoms with E-state index in [0.29, 0.717) is 0 Å². The van der Waals surface area contributed by atoms with Gasteiger partial charge in [0.05, 0.1) is 22.1 Å². The Morgan fingerprint density at radius 2 is 1.14 bits per heavy atom. The number of nitrogens with one attached hydrogen (secondary N) is 2. The number of unbranched alkanes of at least 4 members (excludes halogenated alkanes) is 2. The molecule has 0 atom stereocenters. The van der Waals surface area contributed by atoms with Crippen LogP contribution in [0, 0.1) is 0 Å². The Balaban J connectivity index is 1.43. The SMILES string of the molecule is NCCCCNCc1ccc2nc3ccc4cc5cc(CNCCCCN)ccc5nc4c3cc2c1. The molecule has 36 heavy (non-hydrogen) atoms.